The number of hydrogen-bond acceptors (Lipinski definition) is 4. The lowest BCUT2D eigenvalue weighted by Gasteiger charge is -2.01. The second-order valence-corrected chi connectivity index (χ2v) is 4.03. The molecule has 0 aliphatic heterocycles. The monoisotopic (exact) mass is 216 g/mol. The molecule has 2 aromatic rings. The van der Waals surface area contributed by atoms with Gasteiger partial charge in [0.15, 0.2) is 11.5 Å². The highest BCUT2D eigenvalue weighted by Gasteiger charge is 2.14. The third kappa shape index (κ3) is 1.39. The molecule has 0 amide bonds. The molecular weight excluding hydrogens is 204 g/mol. The minimum Gasteiger partial charge on any atom is -0.492 e. The fraction of sp³-hybridized carbons (Fsp3) is 0.364. The fourth-order valence-corrected chi connectivity index (χ4v) is 1.52. The van der Waals surface area contributed by atoms with E-state index in [0.29, 0.717) is 17.0 Å². The van der Waals surface area contributed by atoms with Crippen molar-refractivity contribution in [2.24, 2.45) is 0 Å². The number of nitrogens with zero attached hydrogens (tertiary/aromatic N) is 4. The van der Waals surface area contributed by atoms with Crippen LogP contribution < -0.4 is 0 Å². The Morgan fingerprint density at radius 1 is 1.50 bits per heavy atom. The lowest BCUT2D eigenvalue weighted by molar-refractivity contribution is 0.433. The van der Waals surface area contributed by atoms with Gasteiger partial charge in [-0.05, 0) is 18.6 Å². The topological polar surface area (TPSA) is 74.2 Å². The van der Waals surface area contributed by atoms with Gasteiger partial charge in [-0.15, -0.1) is 5.10 Å². The molecular formula is C11H12N4O. The van der Waals surface area contributed by atoms with Gasteiger partial charge in [0.1, 0.15) is 11.6 Å². The standard InChI is InChI=1S/C11H12N4O/c1-6(2)10-13-9-4-7(3)8(5-12)11(16)15(9)14-10/h4,6,16H,1-3H3. The van der Waals surface area contributed by atoms with E-state index in [1.807, 2.05) is 19.9 Å². The van der Waals surface area contributed by atoms with Crippen LogP contribution in [0.1, 0.15) is 36.7 Å². The molecule has 0 atom stereocenters. The van der Waals surface area contributed by atoms with Crippen LogP contribution >= 0.6 is 0 Å². The molecule has 0 aliphatic carbocycles. The predicted molar refractivity (Wildman–Crippen MR) is 58.2 cm³/mol. The Bertz CT molecular complexity index is 592. The van der Waals surface area contributed by atoms with Gasteiger partial charge in [-0.25, -0.2) is 4.98 Å². The van der Waals surface area contributed by atoms with E-state index in [1.54, 1.807) is 13.0 Å². The number of pyridine rings is 1. The average Bonchev–Trinajstić information content (AvgIpc) is 2.62. The first-order valence-electron chi connectivity index (χ1n) is 5.04. The summed E-state index contributed by atoms with van der Waals surface area (Å²) in [6.07, 6.45) is 0. The molecule has 0 bridgehead atoms. The van der Waals surface area contributed by atoms with E-state index < -0.39 is 0 Å². The van der Waals surface area contributed by atoms with Crippen LogP contribution in [0.5, 0.6) is 5.88 Å². The fourth-order valence-electron chi connectivity index (χ4n) is 1.52. The van der Waals surface area contributed by atoms with Crippen LogP contribution in [0.2, 0.25) is 0 Å². The summed E-state index contributed by atoms with van der Waals surface area (Å²) in [6.45, 7) is 5.72. The molecule has 2 aromatic heterocycles. The van der Waals surface area contributed by atoms with Crippen molar-refractivity contribution in [1.82, 2.24) is 14.6 Å². The maximum atomic E-state index is 9.86. The largest absolute Gasteiger partial charge is 0.492 e. The number of nitriles is 1. The maximum absolute atomic E-state index is 9.86. The van der Waals surface area contributed by atoms with Crippen LogP contribution in [0, 0.1) is 18.3 Å². The Labute approximate surface area is 93.0 Å². The van der Waals surface area contributed by atoms with Gasteiger partial charge in [-0.1, -0.05) is 13.8 Å². The Hall–Kier alpha value is -2.09. The van der Waals surface area contributed by atoms with Crippen molar-refractivity contribution < 1.29 is 5.11 Å². The van der Waals surface area contributed by atoms with Gasteiger partial charge in [0.05, 0.1) is 0 Å². The first-order valence-corrected chi connectivity index (χ1v) is 5.04. The molecule has 0 fully saturated rings. The van der Waals surface area contributed by atoms with Crippen LogP contribution in [0.3, 0.4) is 0 Å². The van der Waals surface area contributed by atoms with E-state index >= 15 is 0 Å². The molecule has 0 saturated carbocycles. The molecule has 82 valence electrons. The van der Waals surface area contributed by atoms with Crippen LogP contribution in [0.4, 0.5) is 0 Å². The molecule has 2 heterocycles. The first-order chi connectivity index (χ1) is 7.54. The summed E-state index contributed by atoms with van der Waals surface area (Å²) in [5.74, 6) is 0.701. The van der Waals surface area contributed by atoms with Crippen molar-refractivity contribution >= 4 is 5.65 Å². The van der Waals surface area contributed by atoms with E-state index in [2.05, 4.69) is 10.1 Å². The third-order valence-corrected chi connectivity index (χ3v) is 2.44. The number of aryl methyl sites for hydroxylation is 1. The first kappa shape index (κ1) is 10.4. The van der Waals surface area contributed by atoms with Gasteiger partial charge >= 0.3 is 0 Å². The molecule has 0 aliphatic rings. The van der Waals surface area contributed by atoms with Crippen molar-refractivity contribution in [1.29, 1.82) is 5.26 Å². The SMILES string of the molecule is Cc1cc2nc(C(C)C)nn2c(O)c1C#N. The molecule has 0 saturated heterocycles. The van der Waals surface area contributed by atoms with E-state index in [1.165, 1.54) is 4.52 Å². The Morgan fingerprint density at radius 2 is 2.19 bits per heavy atom. The summed E-state index contributed by atoms with van der Waals surface area (Å²) in [5, 5.41) is 22.9. The normalized spacial score (nSPS) is 10.9. The Morgan fingerprint density at radius 3 is 2.75 bits per heavy atom. The second kappa shape index (κ2) is 3.49. The highest BCUT2D eigenvalue weighted by atomic mass is 16.3. The number of hydrogen-bond donors (Lipinski definition) is 1. The zero-order chi connectivity index (χ0) is 11.9. The molecule has 0 aromatic carbocycles. The molecule has 0 spiro atoms. The van der Waals surface area contributed by atoms with Gasteiger partial charge in [-0.2, -0.15) is 9.78 Å². The lowest BCUT2D eigenvalue weighted by atomic mass is 10.2. The van der Waals surface area contributed by atoms with Gasteiger partial charge in [0.25, 0.3) is 0 Å². The van der Waals surface area contributed by atoms with E-state index in [-0.39, 0.29) is 17.4 Å². The Kier molecular flexibility index (Phi) is 2.27. The average molecular weight is 216 g/mol. The van der Waals surface area contributed by atoms with Gasteiger partial charge in [-0.3, -0.25) is 0 Å². The summed E-state index contributed by atoms with van der Waals surface area (Å²) in [7, 11) is 0. The zero-order valence-corrected chi connectivity index (χ0v) is 9.39. The molecule has 16 heavy (non-hydrogen) atoms. The van der Waals surface area contributed by atoms with E-state index in [9.17, 15) is 5.11 Å². The molecule has 1 N–H and O–H groups in total. The van der Waals surface area contributed by atoms with Gasteiger partial charge < -0.3 is 5.11 Å². The molecule has 2 rings (SSSR count). The summed E-state index contributed by atoms with van der Waals surface area (Å²) >= 11 is 0. The van der Waals surface area contributed by atoms with E-state index in [4.69, 9.17) is 5.26 Å². The highest BCUT2D eigenvalue weighted by molar-refractivity contribution is 5.53. The third-order valence-electron chi connectivity index (χ3n) is 2.44. The summed E-state index contributed by atoms with van der Waals surface area (Å²) < 4.78 is 1.31. The van der Waals surface area contributed by atoms with Gasteiger partial charge in [0, 0.05) is 5.92 Å². The van der Waals surface area contributed by atoms with Crippen molar-refractivity contribution in [2.75, 3.05) is 0 Å². The number of aromatic nitrogens is 3. The number of rotatable bonds is 1. The van der Waals surface area contributed by atoms with E-state index in [0.717, 1.165) is 0 Å². The number of aromatic hydroxyl groups is 1. The van der Waals surface area contributed by atoms with Crippen molar-refractivity contribution in [3.8, 4) is 11.9 Å². The van der Waals surface area contributed by atoms with Crippen molar-refractivity contribution in [3.63, 3.8) is 0 Å². The number of fused-ring (bicyclic) bond motifs is 1. The lowest BCUT2D eigenvalue weighted by Crippen LogP contribution is -1.95. The van der Waals surface area contributed by atoms with Crippen LogP contribution in [0.25, 0.3) is 5.65 Å². The predicted octanol–water partition coefficient (Wildman–Crippen LogP) is 1.74. The molecule has 5 heteroatoms. The molecule has 5 nitrogen and oxygen atoms in total. The highest BCUT2D eigenvalue weighted by Crippen LogP contribution is 2.23. The van der Waals surface area contributed by atoms with Crippen LogP contribution in [0.15, 0.2) is 6.07 Å². The second-order valence-electron chi connectivity index (χ2n) is 4.03. The summed E-state index contributed by atoms with van der Waals surface area (Å²) in [6, 6.07) is 3.70. The summed E-state index contributed by atoms with van der Waals surface area (Å²) in [5.41, 5.74) is 1.51. The van der Waals surface area contributed by atoms with Crippen molar-refractivity contribution in [3.05, 3.63) is 23.0 Å². The quantitative estimate of drug-likeness (QED) is 0.787. The minimum absolute atomic E-state index is 0.142. The zero-order valence-electron chi connectivity index (χ0n) is 9.39. The molecule has 0 radical (unpaired) electrons. The smallest absolute Gasteiger partial charge is 0.232 e. The van der Waals surface area contributed by atoms with Crippen molar-refractivity contribution in [2.45, 2.75) is 26.7 Å². The summed E-state index contributed by atoms with van der Waals surface area (Å²) in [4.78, 5) is 4.29. The minimum atomic E-state index is -0.142. The Balaban J connectivity index is 2.79. The maximum Gasteiger partial charge on any atom is 0.232 e. The van der Waals surface area contributed by atoms with Crippen LogP contribution in [-0.4, -0.2) is 19.7 Å². The van der Waals surface area contributed by atoms with Gasteiger partial charge in [0.2, 0.25) is 5.88 Å². The van der Waals surface area contributed by atoms with Crippen LogP contribution in [-0.2, 0) is 0 Å². The molecule has 0 unspecified atom stereocenters.